The van der Waals surface area contributed by atoms with Crippen LogP contribution in [0.5, 0.6) is 0 Å². The largest absolute Gasteiger partial charge is 0.343 e. The molecule has 3 N–H and O–H groups in total. The highest BCUT2D eigenvalue weighted by Gasteiger charge is 2.32. The van der Waals surface area contributed by atoms with Gasteiger partial charge in [-0.3, -0.25) is 0 Å². The monoisotopic (exact) mass is 252 g/mol. The number of hydrogen-bond acceptors (Lipinski definition) is 3. The Bertz CT molecular complexity index is 316. The van der Waals surface area contributed by atoms with Gasteiger partial charge in [0, 0.05) is 0 Å². The molecule has 0 aliphatic carbocycles. The van der Waals surface area contributed by atoms with Crippen LogP contribution in [-0.2, 0) is 0 Å². The molecule has 0 radical (unpaired) electrons. The molecule has 1 aromatic carbocycles. The van der Waals surface area contributed by atoms with Crippen LogP contribution >= 0.6 is 0 Å². The second-order valence-electron chi connectivity index (χ2n) is 4.85. The van der Waals surface area contributed by atoms with Gasteiger partial charge in [0.15, 0.2) is 0 Å². The van der Waals surface area contributed by atoms with Crippen molar-refractivity contribution in [2.24, 2.45) is 0 Å². The van der Waals surface area contributed by atoms with Crippen LogP contribution in [0, 0.1) is 0 Å². The van der Waals surface area contributed by atoms with Crippen molar-refractivity contribution in [3.8, 4) is 0 Å². The van der Waals surface area contributed by atoms with E-state index in [-0.39, 0.29) is 0 Å². The number of hydrogen-bond donors (Lipinski definition) is 3. The van der Waals surface area contributed by atoms with Crippen LogP contribution in [0.25, 0.3) is 0 Å². The number of rotatable bonds is 8. The summed E-state index contributed by atoms with van der Waals surface area (Å²) in [5, 5.41) is 28.3. The number of aliphatic hydroxyl groups is 3. The van der Waals surface area contributed by atoms with E-state index in [9.17, 15) is 15.3 Å². The fourth-order valence-corrected chi connectivity index (χ4v) is 2.22. The van der Waals surface area contributed by atoms with Crippen LogP contribution in [0.15, 0.2) is 30.3 Å². The molecule has 0 bridgehead atoms. The molecule has 18 heavy (non-hydrogen) atoms. The predicted octanol–water partition coefficient (Wildman–Crippen LogP) is 2.76. The summed E-state index contributed by atoms with van der Waals surface area (Å²) in [5.41, 5.74) is 0.764. The summed E-state index contributed by atoms with van der Waals surface area (Å²) in [6.07, 6.45) is 6.09. The molecule has 0 aromatic heterocycles. The van der Waals surface area contributed by atoms with Crippen molar-refractivity contribution in [3.05, 3.63) is 35.9 Å². The molecule has 0 heterocycles. The van der Waals surface area contributed by atoms with Gasteiger partial charge in [0.25, 0.3) is 5.97 Å². The van der Waals surface area contributed by atoms with E-state index in [1.165, 1.54) is 12.8 Å². The van der Waals surface area contributed by atoms with Crippen molar-refractivity contribution < 1.29 is 15.3 Å². The first-order chi connectivity index (χ1) is 8.55. The topological polar surface area (TPSA) is 60.7 Å². The Balaban J connectivity index is 2.53. The molecule has 1 rings (SSSR count). The number of benzene rings is 1. The average Bonchev–Trinajstić information content (AvgIpc) is 2.33. The molecule has 0 saturated carbocycles. The molecule has 0 aliphatic rings. The Morgan fingerprint density at radius 2 is 1.56 bits per heavy atom. The summed E-state index contributed by atoms with van der Waals surface area (Å²) >= 11 is 0. The summed E-state index contributed by atoms with van der Waals surface area (Å²) in [5.74, 6) is -3.27. The van der Waals surface area contributed by atoms with Crippen LogP contribution in [0.2, 0.25) is 0 Å². The standard InChI is InChI=1S/C15H24O3/c1-2-3-4-5-9-12-14(15(16,17)18)13-10-7-6-8-11-13/h6-8,10-11,14,16-18H,2-5,9,12H2,1H3. The van der Waals surface area contributed by atoms with E-state index in [0.29, 0.717) is 6.42 Å². The van der Waals surface area contributed by atoms with Gasteiger partial charge in [-0.25, -0.2) is 0 Å². The molecule has 1 unspecified atom stereocenters. The third kappa shape index (κ3) is 5.17. The van der Waals surface area contributed by atoms with Gasteiger partial charge in [0.2, 0.25) is 0 Å². The van der Waals surface area contributed by atoms with Crippen molar-refractivity contribution in [2.45, 2.75) is 57.3 Å². The highest BCUT2D eigenvalue weighted by Crippen LogP contribution is 2.30. The normalized spacial score (nSPS) is 13.6. The van der Waals surface area contributed by atoms with Gasteiger partial charge in [-0.1, -0.05) is 69.4 Å². The van der Waals surface area contributed by atoms with Crippen LogP contribution in [0.4, 0.5) is 0 Å². The van der Waals surface area contributed by atoms with Gasteiger partial charge >= 0.3 is 0 Å². The van der Waals surface area contributed by atoms with Gasteiger partial charge in [-0.2, -0.15) is 0 Å². The SMILES string of the molecule is CCCCCCCC(c1ccccc1)C(O)(O)O. The first-order valence-electron chi connectivity index (χ1n) is 6.77. The lowest BCUT2D eigenvalue weighted by Gasteiger charge is -2.26. The second kappa shape index (κ2) is 7.52. The first kappa shape index (κ1) is 15.2. The fourth-order valence-electron chi connectivity index (χ4n) is 2.22. The van der Waals surface area contributed by atoms with Crippen molar-refractivity contribution in [1.29, 1.82) is 0 Å². The van der Waals surface area contributed by atoms with Crippen molar-refractivity contribution in [2.75, 3.05) is 0 Å². The quantitative estimate of drug-likeness (QED) is 0.492. The second-order valence-corrected chi connectivity index (χ2v) is 4.85. The Hall–Kier alpha value is -0.900. The maximum atomic E-state index is 9.44. The summed E-state index contributed by atoms with van der Waals surface area (Å²) in [7, 11) is 0. The predicted molar refractivity (Wildman–Crippen MR) is 71.9 cm³/mol. The van der Waals surface area contributed by atoms with E-state index in [1.54, 1.807) is 0 Å². The molecule has 1 atom stereocenters. The molecule has 0 spiro atoms. The minimum Gasteiger partial charge on any atom is -0.343 e. The smallest absolute Gasteiger partial charge is 0.282 e. The van der Waals surface area contributed by atoms with Gasteiger partial charge in [-0.05, 0) is 12.0 Å². The highest BCUT2D eigenvalue weighted by atomic mass is 16.7. The Kier molecular flexibility index (Phi) is 6.33. The van der Waals surface area contributed by atoms with E-state index < -0.39 is 11.9 Å². The lowest BCUT2D eigenvalue weighted by Crippen LogP contribution is -2.35. The maximum Gasteiger partial charge on any atom is 0.282 e. The summed E-state index contributed by atoms with van der Waals surface area (Å²) in [6.45, 7) is 2.16. The Labute approximate surface area is 109 Å². The number of unbranched alkanes of at least 4 members (excludes halogenated alkanes) is 4. The first-order valence-corrected chi connectivity index (χ1v) is 6.77. The molecule has 102 valence electrons. The van der Waals surface area contributed by atoms with Gasteiger partial charge in [-0.15, -0.1) is 0 Å². The molecular formula is C15H24O3. The summed E-state index contributed by atoms with van der Waals surface area (Å²) in [6, 6.07) is 9.17. The molecule has 3 nitrogen and oxygen atoms in total. The zero-order valence-electron chi connectivity index (χ0n) is 11.0. The van der Waals surface area contributed by atoms with Crippen LogP contribution in [0.1, 0.15) is 56.9 Å². The van der Waals surface area contributed by atoms with E-state index in [2.05, 4.69) is 6.92 Å². The molecule has 1 aromatic rings. The zero-order chi connectivity index (χ0) is 13.4. The fraction of sp³-hybridized carbons (Fsp3) is 0.600. The van der Waals surface area contributed by atoms with Crippen LogP contribution in [0.3, 0.4) is 0 Å². The van der Waals surface area contributed by atoms with Crippen LogP contribution < -0.4 is 0 Å². The van der Waals surface area contributed by atoms with E-state index in [4.69, 9.17) is 0 Å². The average molecular weight is 252 g/mol. The lowest BCUT2D eigenvalue weighted by atomic mass is 9.91. The van der Waals surface area contributed by atoms with Gasteiger partial charge < -0.3 is 15.3 Å². The Morgan fingerprint density at radius 3 is 2.11 bits per heavy atom. The summed E-state index contributed by atoms with van der Waals surface area (Å²) in [4.78, 5) is 0. The highest BCUT2D eigenvalue weighted by molar-refractivity contribution is 5.20. The molecular weight excluding hydrogens is 228 g/mol. The maximum absolute atomic E-state index is 9.44. The minimum atomic E-state index is -2.63. The summed E-state index contributed by atoms with van der Waals surface area (Å²) < 4.78 is 0. The zero-order valence-corrected chi connectivity index (χ0v) is 11.0. The third-order valence-electron chi connectivity index (χ3n) is 3.27. The van der Waals surface area contributed by atoms with Crippen molar-refractivity contribution in [1.82, 2.24) is 0 Å². The van der Waals surface area contributed by atoms with Gasteiger partial charge in [0.1, 0.15) is 0 Å². The van der Waals surface area contributed by atoms with E-state index in [1.807, 2.05) is 30.3 Å². The lowest BCUT2D eigenvalue weighted by molar-refractivity contribution is -0.326. The van der Waals surface area contributed by atoms with E-state index >= 15 is 0 Å². The molecule has 0 aliphatic heterocycles. The molecule has 0 saturated heterocycles. The van der Waals surface area contributed by atoms with Crippen molar-refractivity contribution in [3.63, 3.8) is 0 Å². The third-order valence-corrected chi connectivity index (χ3v) is 3.27. The van der Waals surface area contributed by atoms with Crippen molar-refractivity contribution >= 4 is 0 Å². The van der Waals surface area contributed by atoms with Crippen LogP contribution in [-0.4, -0.2) is 21.3 Å². The molecule has 0 fully saturated rings. The van der Waals surface area contributed by atoms with Gasteiger partial charge in [0.05, 0.1) is 5.92 Å². The molecule has 0 amide bonds. The minimum absolute atomic E-state index is 0.581. The van der Waals surface area contributed by atoms with E-state index in [0.717, 1.165) is 24.8 Å². The Morgan fingerprint density at radius 1 is 0.944 bits per heavy atom. The molecule has 3 heteroatoms.